The average Bonchev–Trinajstić information content (AvgIpc) is 3.32. The topological polar surface area (TPSA) is 81.8 Å². The van der Waals surface area contributed by atoms with E-state index in [9.17, 15) is 14.4 Å². The maximum atomic E-state index is 12.6. The summed E-state index contributed by atoms with van der Waals surface area (Å²) in [4.78, 5) is 41.2. The van der Waals surface area contributed by atoms with Crippen LogP contribution in [0.1, 0.15) is 28.1 Å². The van der Waals surface area contributed by atoms with Gasteiger partial charge in [0.1, 0.15) is 0 Å². The molecule has 4 rings (SSSR count). The Hall–Kier alpha value is -2.87. The fourth-order valence-corrected chi connectivity index (χ4v) is 4.61. The minimum absolute atomic E-state index is 0.0423. The number of nitrogens with zero attached hydrogens (tertiary/aromatic N) is 2. The predicted molar refractivity (Wildman–Crippen MR) is 116 cm³/mol. The number of carbonyl (C=O) groups excluding carboxylic acids is 3. The zero-order chi connectivity index (χ0) is 20.9. The monoisotopic (exact) mass is 426 g/mol. The molecule has 2 saturated heterocycles. The van der Waals surface area contributed by atoms with Crippen LogP contribution in [0.25, 0.3) is 0 Å². The molecule has 1 aromatic carbocycles. The Balaban J connectivity index is 1.23. The molecule has 2 aliphatic rings. The quantitative estimate of drug-likeness (QED) is 0.765. The highest BCUT2D eigenvalue weighted by Crippen LogP contribution is 2.21. The van der Waals surface area contributed by atoms with Crippen LogP contribution in [0.5, 0.6) is 0 Å². The van der Waals surface area contributed by atoms with Crippen molar-refractivity contribution in [3.05, 3.63) is 52.2 Å². The number of thiophene rings is 1. The number of hydrogen-bond acceptors (Lipinski definition) is 5. The molecule has 0 radical (unpaired) electrons. The van der Waals surface area contributed by atoms with Crippen molar-refractivity contribution in [2.75, 3.05) is 37.6 Å². The molecule has 0 spiro atoms. The standard InChI is InChI=1S/C22H26N4O3S/c27-20-15-26(12-9-23-20)18-5-3-16(4-6-18)14-24-21(28)17-7-10-25(11-8-17)22(29)19-2-1-13-30-19/h1-6,13,17H,7-12,14-15H2,(H,23,27)(H,24,28). The summed E-state index contributed by atoms with van der Waals surface area (Å²) in [7, 11) is 0. The molecule has 8 heteroatoms. The molecule has 2 N–H and O–H groups in total. The molecule has 7 nitrogen and oxygen atoms in total. The van der Waals surface area contributed by atoms with Gasteiger partial charge < -0.3 is 20.4 Å². The van der Waals surface area contributed by atoms with E-state index in [0.717, 1.165) is 22.7 Å². The number of benzene rings is 1. The van der Waals surface area contributed by atoms with Gasteiger partial charge >= 0.3 is 0 Å². The number of piperazine rings is 1. The minimum atomic E-state index is -0.0523. The molecule has 30 heavy (non-hydrogen) atoms. The largest absolute Gasteiger partial charge is 0.360 e. The van der Waals surface area contributed by atoms with E-state index in [0.29, 0.717) is 45.6 Å². The number of piperidine rings is 1. The molecule has 0 aliphatic carbocycles. The van der Waals surface area contributed by atoms with Gasteiger partial charge in [-0.3, -0.25) is 14.4 Å². The Kier molecular flexibility index (Phi) is 6.32. The number of likely N-dealkylation sites (tertiary alicyclic amines) is 1. The molecule has 158 valence electrons. The minimum Gasteiger partial charge on any atom is -0.360 e. The molecule has 2 aromatic rings. The molecule has 3 heterocycles. The van der Waals surface area contributed by atoms with Gasteiger partial charge in [0.15, 0.2) is 0 Å². The van der Waals surface area contributed by atoms with Gasteiger partial charge in [0.25, 0.3) is 5.91 Å². The van der Waals surface area contributed by atoms with Gasteiger partial charge in [-0.05, 0) is 42.0 Å². The second kappa shape index (κ2) is 9.30. The third-order valence-electron chi connectivity index (χ3n) is 5.69. The summed E-state index contributed by atoms with van der Waals surface area (Å²) in [6.45, 7) is 3.56. The lowest BCUT2D eigenvalue weighted by molar-refractivity contribution is -0.126. The molecular weight excluding hydrogens is 400 g/mol. The Bertz CT molecular complexity index is 890. The second-order valence-electron chi connectivity index (χ2n) is 7.70. The van der Waals surface area contributed by atoms with Crippen LogP contribution < -0.4 is 15.5 Å². The summed E-state index contributed by atoms with van der Waals surface area (Å²) >= 11 is 1.45. The maximum absolute atomic E-state index is 12.6. The SMILES string of the molecule is O=C1CN(c2ccc(CNC(=O)C3CCN(C(=O)c4cccs4)CC3)cc2)CCN1. The van der Waals surface area contributed by atoms with E-state index in [4.69, 9.17) is 0 Å². The van der Waals surface area contributed by atoms with Crippen molar-refractivity contribution in [3.63, 3.8) is 0 Å². The Morgan fingerprint density at radius 2 is 1.87 bits per heavy atom. The van der Waals surface area contributed by atoms with Crippen molar-refractivity contribution < 1.29 is 14.4 Å². The van der Waals surface area contributed by atoms with Crippen LogP contribution in [0.3, 0.4) is 0 Å². The molecule has 0 unspecified atom stereocenters. The Morgan fingerprint density at radius 3 is 2.53 bits per heavy atom. The lowest BCUT2D eigenvalue weighted by Crippen LogP contribution is -2.47. The summed E-state index contributed by atoms with van der Waals surface area (Å²) in [6.07, 6.45) is 1.39. The first-order valence-corrected chi connectivity index (χ1v) is 11.2. The average molecular weight is 427 g/mol. The highest BCUT2D eigenvalue weighted by Gasteiger charge is 2.28. The first kappa shape index (κ1) is 20.4. The number of anilines is 1. The summed E-state index contributed by atoms with van der Waals surface area (Å²) in [6, 6.07) is 11.7. The molecule has 0 atom stereocenters. The third kappa shape index (κ3) is 4.81. The van der Waals surface area contributed by atoms with Gasteiger partial charge in [0.05, 0.1) is 11.4 Å². The molecule has 2 aliphatic heterocycles. The number of carbonyl (C=O) groups is 3. The van der Waals surface area contributed by atoms with Crippen molar-refractivity contribution in [2.24, 2.45) is 5.92 Å². The molecule has 0 bridgehead atoms. The van der Waals surface area contributed by atoms with Crippen molar-refractivity contribution in [1.29, 1.82) is 0 Å². The van der Waals surface area contributed by atoms with Crippen molar-refractivity contribution in [3.8, 4) is 0 Å². The van der Waals surface area contributed by atoms with E-state index >= 15 is 0 Å². The lowest BCUT2D eigenvalue weighted by atomic mass is 9.95. The van der Waals surface area contributed by atoms with E-state index in [1.807, 2.05) is 51.6 Å². The van der Waals surface area contributed by atoms with Gasteiger partial charge in [-0.15, -0.1) is 11.3 Å². The highest BCUT2D eigenvalue weighted by atomic mass is 32.1. The summed E-state index contributed by atoms with van der Waals surface area (Å²) in [5, 5.41) is 7.76. The first-order chi connectivity index (χ1) is 14.6. The predicted octanol–water partition coefficient (Wildman–Crippen LogP) is 1.85. The molecular formula is C22H26N4O3S. The normalized spacial score (nSPS) is 17.5. The van der Waals surface area contributed by atoms with Crippen LogP contribution in [0.15, 0.2) is 41.8 Å². The van der Waals surface area contributed by atoms with Crippen LogP contribution in [0.2, 0.25) is 0 Å². The second-order valence-corrected chi connectivity index (χ2v) is 8.65. The van der Waals surface area contributed by atoms with E-state index in [1.54, 1.807) is 0 Å². The molecule has 0 saturated carbocycles. The fraction of sp³-hybridized carbons (Fsp3) is 0.409. The van der Waals surface area contributed by atoms with Gasteiger partial charge in [-0.2, -0.15) is 0 Å². The Morgan fingerprint density at radius 1 is 1.10 bits per heavy atom. The zero-order valence-electron chi connectivity index (χ0n) is 16.8. The Labute approximate surface area is 180 Å². The molecule has 1 aromatic heterocycles. The van der Waals surface area contributed by atoms with Crippen LogP contribution in [0.4, 0.5) is 5.69 Å². The molecule has 2 fully saturated rings. The summed E-state index contributed by atoms with van der Waals surface area (Å²) < 4.78 is 0. The number of nitrogens with one attached hydrogen (secondary N) is 2. The lowest BCUT2D eigenvalue weighted by Gasteiger charge is -2.31. The van der Waals surface area contributed by atoms with Crippen molar-refractivity contribution in [1.82, 2.24) is 15.5 Å². The fourth-order valence-electron chi connectivity index (χ4n) is 3.92. The number of amides is 3. The van der Waals surface area contributed by atoms with Crippen molar-refractivity contribution >= 4 is 34.7 Å². The summed E-state index contributed by atoms with van der Waals surface area (Å²) in [5.74, 6) is 0.106. The van der Waals surface area contributed by atoms with Crippen LogP contribution in [0, 0.1) is 5.92 Å². The van der Waals surface area contributed by atoms with Gasteiger partial charge in [0, 0.05) is 44.3 Å². The number of rotatable bonds is 5. The van der Waals surface area contributed by atoms with Crippen molar-refractivity contribution in [2.45, 2.75) is 19.4 Å². The molecule has 3 amide bonds. The van der Waals surface area contributed by atoms with Crippen LogP contribution in [-0.4, -0.2) is 55.3 Å². The smallest absolute Gasteiger partial charge is 0.263 e. The highest BCUT2D eigenvalue weighted by molar-refractivity contribution is 7.12. The first-order valence-electron chi connectivity index (χ1n) is 10.3. The summed E-state index contributed by atoms with van der Waals surface area (Å²) in [5.41, 5.74) is 2.04. The van der Waals surface area contributed by atoms with E-state index < -0.39 is 0 Å². The number of hydrogen-bond donors (Lipinski definition) is 2. The van der Waals surface area contributed by atoms with Gasteiger partial charge in [0.2, 0.25) is 11.8 Å². The maximum Gasteiger partial charge on any atom is 0.263 e. The third-order valence-corrected chi connectivity index (χ3v) is 6.55. The van der Waals surface area contributed by atoms with Crippen LogP contribution >= 0.6 is 11.3 Å². The van der Waals surface area contributed by atoms with Gasteiger partial charge in [-0.25, -0.2) is 0 Å². The zero-order valence-corrected chi connectivity index (χ0v) is 17.6. The van der Waals surface area contributed by atoms with Gasteiger partial charge in [-0.1, -0.05) is 18.2 Å². The van der Waals surface area contributed by atoms with Crippen LogP contribution in [-0.2, 0) is 16.1 Å². The van der Waals surface area contributed by atoms with E-state index in [-0.39, 0.29) is 23.6 Å². The van der Waals surface area contributed by atoms with E-state index in [1.165, 1.54) is 11.3 Å². The van der Waals surface area contributed by atoms with E-state index in [2.05, 4.69) is 10.6 Å².